The molecule has 1 aliphatic heterocycles. The smallest absolute Gasteiger partial charge is 0.323 e. The third-order valence-electron chi connectivity index (χ3n) is 2.79. The monoisotopic (exact) mass is 289 g/mol. The highest BCUT2D eigenvalue weighted by atomic mass is 35.5. The molecule has 0 aliphatic carbocycles. The van der Waals surface area contributed by atoms with E-state index in [9.17, 15) is 4.79 Å². The van der Waals surface area contributed by atoms with Crippen molar-refractivity contribution < 1.29 is 14.3 Å². The third-order valence-corrected chi connectivity index (χ3v) is 3.59. The number of nitrogens with one attached hydrogen (secondary N) is 1. The van der Waals surface area contributed by atoms with Gasteiger partial charge in [-0.3, -0.25) is 4.79 Å². The van der Waals surface area contributed by atoms with Gasteiger partial charge in [-0.1, -0.05) is 29.3 Å². The average molecular weight is 290 g/mol. The van der Waals surface area contributed by atoms with E-state index in [0.29, 0.717) is 28.8 Å². The highest BCUT2D eigenvalue weighted by Crippen LogP contribution is 2.32. The number of hydrogen-bond donors (Lipinski definition) is 1. The number of carbonyl (C=O) groups excluding carboxylic acids is 1. The van der Waals surface area contributed by atoms with Crippen LogP contribution in [0.25, 0.3) is 0 Å². The molecule has 98 valence electrons. The second kappa shape index (κ2) is 5.78. The lowest BCUT2D eigenvalue weighted by Gasteiger charge is -2.14. The van der Waals surface area contributed by atoms with E-state index < -0.39 is 0 Å². The molecule has 18 heavy (non-hydrogen) atoms. The largest absolute Gasteiger partial charge is 0.487 e. The zero-order valence-corrected chi connectivity index (χ0v) is 11.3. The van der Waals surface area contributed by atoms with Gasteiger partial charge in [-0.2, -0.15) is 0 Å². The summed E-state index contributed by atoms with van der Waals surface area (Å²) in [6.45, 7) is 0.572. The fourth-order valence-electron chi connectivity index (χ4n) is 1.87. The van der Waals surface area contributed by atoms with Crippen LogP contribution in [0.5, 0.6) is 5.75 Å². The predicted octanol–water partition coefficient (Wildman–Crippen LogP) is 2.28. The molecule has 1 fully saturated rings. The minimum absolute atomic E-state index is 0.120. The minimum atomic E-state index is -0.321. The normalized spacial score (nSPS) is 22.8. The Hall–Kier alpha value is -0.970. The van der Waals surface area contributed by atoms with Crippen molar-refractivity contribution in [3.05, 3.63) is 28.2 Å². The molecule has 0 radical (unpaired) electrons. The van der Waals surface area contributed by atoms with Gasteiger partial charge in [-0.25, -0.2) is 0 Å². The lowest BCUT2D eigenvalue weighted by molar-refractivity contribution is -0.142. The molecular weight excluding hydrogens is 277 g/mol. The molecule has 6 heteroatoms. The van der Waals surface area contributed by atoms with Crippen molar-refractivity contribution in [1.29, 1.82) is 0 Å². The summed E-state index contributed by atoms with van der Waals surface area (Å²) in [5.41, 5.74) is 0. The third kappa shape index (κ3) is 2.88. The summed E-state index contributed by atoms with van der Waals surface area (Å²) in [5.74, 6) is 0.250. The fraction of sp³-hybridized carbons (Fsp3) is 0.417. The Morgan fingerprint density at radius 3 is 2.94 bits per heavy atom. The van der Waals surface area contributed by atoms with Gasteiger partial charge in [-0.05, 0) is 12.1 Å². The second-order valence-electron chi connectivity index (χ2n) is 4.01. The number of esters is 1. The maximum absolute atomic E-state index is 11.3. The van der Waals surface area contributed by atoms with Gasteiger partial charge in [0.2, 0.25) is 0 Å². The maximum atomic E-state index is 11.3. The van der Waals surface area contributed by atoms with Crippen LogP contribution in [0.4, 0.5) is 0 Å². The molecule has 0 saturated carbocycles. The van der Waals surface area contributed by atoms with Gasteiger partial charge in [0, 0.05) is 13.0 Å². The summed E-state index contributed by atoms with van der Waals surface area (Å²) in [7, 11) is 1.37. The van der Waals surface area contributed by atoms with Crippen LogP contribution < -0.4 is 10.1 Å². The molecule has 0 bridgehead atoms. The summed E-state index contributed by atoms with van der Waals surface area (Å²) in [6, 6.07) is 4.89. The number of methoxy groups -OCH3 is 1. The van der Waals surface area contributed by atoms with E-state index in [4.69, 9.17) is 27.9 Å². The summed E-state index contributed by atoms with van der Waals surface area (Å²) in [5, 5.41) is 3.87. The van der Waals surface area contributed by atoms with E-state index in [1.807, 2.05) is 0 Å². The van der Waals surface area contributed by atoms with Gasteiger partial charge < -0.3 is 14.8 Å². The molecule has 1 saturated heterocycles. The SMILES string of the molecule is COC(=O)C1CC(Oc2cccc(Cl)c2Cl)CN1. The van der Waals surface area contributed by atoms with E-state index in [2.05, 4.69) is 10.1 Å². The van der Waals surface area contributed by atoms with Crippen molar-refractivity contribution in [3.8, 4) is 5.75 Å². The van der Waals surface area contributed by atoms with Gasteiger partial charge in [0.1, 0.15) is 22.9 Å². The summed E-state index contributed by atoms with van der Waals surface area (Å²) >= 11 is 11.9. The lowest BCUT2D eigenvalue weighted by Crippen LogP contribution is -2.31. The van der Waals surface area contributed by atoms with Crippen LogP contribution in [-0.2, 0) is 9.53 Å². The van der Waals surface area contributed by atoms with Crippen molar-refractivity contribution >= 4 is 29.2 Å². The van der Waals surface area contributed by atoms with E-state index in [0.717, 1.165) is 0 Å². The number of ether oxygens (including phenoxy) is 2. The van der Waals surface area contributed by atoms with E-state index in [1.54, 1.807) is 18.2 Å². The summed E-state index contributed by atoms with van der Waals surface area (Å²) < 4.78 is 10.4. The molecule has 0 amide bonds. The first kappa shape index (κ1) is 13.5. The Bertz CT molecular complexity index is 453. The second-order valence-corrected chi connectivity index (χ2v) is 4.80. The van der Waals surface area contributed by atoms with Crippen molar-refractivity contribution in [3.63, 3.8) is 0 Å². The topological polar surface area (TPSA) is 47.6 Å². The van der Waals surface area contributed by atoms with Crippen molar-refractivity contribution in [2.24, 2.45) is 0 Å². The first-order chi connectivity index (χ1) is 8.61. The number of hydrogen-bond acceptors (Lipinski definition) is 4. The van der Waals surface area contributed by atoms with Crippen LogP contribution in [0.15, 0.2) is 18.2 Å². The van der Waals surface area contributed by atoms with Gasteiger partial charge in [0.05, 0.1) is 12.1 Å². The Morgan fingerprint density at radius 1 is 1.44 bits per heavy atom. The van der Waals surface area contributed by atoms with Crippen molar-refractivity contribution in [1.82, 2.24) is 5.32 Å². The lowest BCUT2D eigenvalue weighted by atomic mass is 10.2. The molecule has 2 atom stereocenters. The Labute approximate surface area is 115 Å². The van der Waals surface area contributed by atoms with Crippen LogP contribution in [0, 0.1) is 0 Å². The predicted molar refractivity (Wildman–Crippen MR) is 69.3 cm³/mol. The summed E-state index contributed by atoms with van der Waals surface area (Å²) in [4.78, 5) is 11.3. The molecular formula is C12H13Cl2NO3. The number of halogens is 2. The van der Waals surface area contributed by atoms with Gasteiger partial charge in [0.15, 0.2) is 0 Å². The highest BCUT2D eigenvalue weighted by Gasteiger charge is 2.31. The van der Waals surface area contributed by atoms with Crippen LogP contribution in [0.2, 0.25) is 10.0 Å². The highest BCUT2D eigenvalue weighted by molar-refractivity contribution is 6.42. The average Bonchev–Trinajstić information content (AvgIpc) is 2.82. The number of carbonyl (C=O) groups is 1. The molecule has 1 aromatic rings. The first-order valence-electron chi connectivity index (χ1n) is 5.53. The molecule has 1 aliphatic rings. The van der Waals surface area contributed by atoms with Crippen LogP contribution in [-0.4, -0.2) is 31.8 Å². The zero-order chi connectivity index (χ0) is 13.1. The molecule has 2 unspecified atom stereocenters. The van der Waals surface area contributed by atoms with Crippen LogP contribution in [0.3, 0.4) is 0 Å². The van der Waals surface area contributed by atoms with E-state index in [-0.39, 0.29) is 18.1 Å². The van der Waals surface area contributed by atoms with E-state index >= 15 is 0 Å². The van der Waals surface area contributed by atoms with E-state index in [1.165, 1.54) is 7.11 Å². The zero-order valence-electron chi connectivity index (χ0n) is 9.78. The Balaban J connectivity index is 1.99. The molecule has 0 spiro atoms. The van der Waals surface area contributed by atoms with Crippen molar-refractivity contribution in [2.45, 2.75) is 18.6 Å². The number of rotatable bonds is 3. The minimum Gasteiger partial charge on any atom is -0.487 e. The molecule has 1 aromatic carbocycles. The molecule has 4 nitrogen and oxygen atoms in total. The maximum Gasteiger partial charge on any atom is 0.323 e. The van der Waals surface area contributed by atoms with Crippen LogP contribution in [0.1, 0.15) is 6.42 Å². The van der Waals surface area contributed by atoms with Gasteiger partial charge in [0.25, 0.3) is 0 Å². The first-order valence-corrected chi connectivity index (χ1v) is 6.29. The summed E-state index contributed by atoms with van der Waals surface area (Å²) in [6.07, 6.45) is 0.431. The quantitative estimate of drug-likeness (QED) is 0.868. The van der Waals surface area contributed by atoms with Crippen molar-refractivity contribution in [2.75, 3.05) is 13.7 Å². The molecule has 0 aromatic heterocycles. The number of benzene rings is 1. The van der Waals surface area contributed by atoms with Gasteiger partial charge in [-0.15, -0.1) is 0 Å². The fourth-order valence-corrected chi connectivity index (χ4v) is 2.21. The standard InChI is InChI=1S/C12H13Cl2NO3/c1-17-12(16)9-5-7(6-15-9)18-10-4-2-3-8(13)11(10)14/h2-4,7,9,15H,5-6H2,1H3. The Morgan fingerprint density at radius 2 is 2.22 bits per heavy atom. The van der Waals surface area contributed by atoms with Crippen LogP contribution >= 0.6 is 23.2 Å². The molecule has 2 rings (SSSR count). The molecule has 1 N–H and O–H groups in total. The Kier molecular flexibility index (Phi) is 4.32. The molecule has 1 heterocycles. The van der Waals surface area contributed by atoms with Gasteiger partial charge >= 0.3 is 5.97 Å².